The van der Waals surface area contributed by atoms with E-state index >= 15 is 0 Å². The zero-order valence-electron chi connectivity index (χ0n) is 15.8. The summed E-state index contributed by atoms with van der Waals surface area (Å²) < 4.78 is 7.22. The van der Waals surface area contributed by atoms with Crippen LogP contribution in [0.25, 0.3) is 16.8 Å². The van der Waals surface area contributed by atoms with Crippen LogP contribution in [-0.4, -0.2) is 56.9 Å². The monoisotopic (exact) mass is 388 g/mol. The largest absolute Gasteiger partial charge is 0.356 e. The molecule has 4 aromatic rings. The molecule has 146 valence electrons. The first-order valence-electron chi connectivity index (χ1n) is 9.61. The molecule has 4 heterocycles. The quantitative estimate of drug-likeness (QED) is 0.534. The number of para-hydroxylation sites is 1. The molecule has 0 spiro atoms. The van der Waals surface area contributed by atoms with Crippen molar-refractivity contribution >= 4 is 22.7 Å². The predicted molar refractivity (Wildman–Crippen MR) is 108 cm³/mol. The SMILES string of the molecule is O=C(Cc1noc2ccccc12)N1CCN(c2ccc(-n3cccc3)nn2)CC1. The summed E-state index contributed by atoms with van der Waals surface area (Å²) in [6.07, 6.45) is 4.13. The van der Waals surface area contributed by atoms with Crippen molar-refractivity contribution in [2.24, 2.45) is 0 Å². The number of carbonyl (C=O) groups excluding carboxylic acids is 1. The fraction of sp³-hybridized carbons (Fsp3) is 0.238. The fourth-order valence-electron chi connectivity index (χ4n) is 3.62. The van der Waals surface area contributed by atoms with Crippen molar-refractivity contribution in [3.05, 3.63) is 66.6 Å². The lowest BCUT2D eigenvalue weighted by Gasteiger charge is -2.35. The van der Waals surface area contributed by atoms with Crippen molar-refractivity contribution in [2.45, 2.75) is 6.42 Å². The van der Waals surface area contributed by atoms with E-state index in [1.165, 1.54) is 0 Å². The zero-order chi connectivity index (χ0) is 19.6. The Morgan fingerprint density at radius 2 is 1.62 bits per heavy atom. The number of nitrogens with zero attached hydrogens (tertiary/aromatic N) is 6. The lowest BCUT2D eigenvalue weighted by molar-refractivity contribution is -0.130. The van der Waals surface area contributed by atoms with Crippen molar-refractivity contribution in [2.75, 3.05) is 31.1 Å². The first-order valence-corrected chi connectivity index (χ1v) is 9.61. The van der Waals surface area contributed by atoms with Crippen LogP contribution in [0.4, 0.5) is 5.82 Å². The molecule has 0 unspecified atom stereocenters. The number of hydrogen-bond acceptors (Lipinski definition) is 6. The number of carbonyl (C=O) groups is 1. The highest BCUT2D eigenvalue weighted by atomic mass is 16.5. The molecule has 0 N–H and O–H groups in total. The van der Waals surface area contributed by atoms with E-state index in [2.05, 4.69) is 20.3 Å². The van der Waals surface area contributed by atoms with E-state index in [4.69, 9.17) is 4.52 Å². The minimum Gasteiger partial charge on any atom is -0.356 e. The maximum atomic E-state index is 12.7. The molecule has 8 nitrogen and oxygen atoms in total. The van der Waals surface area contributed by atoms with Gasteiger partial charge in [0.2, 0.25) is 5.91 Å². The first-order chi connectivity index (χ1) is 14.3. The van der Waals surface area contributed by atoms with Crippen molar-refractivity contribution in [1.29, 1.82) is 0 Å². The van der Waals surface area contributed by atoms with Crippen molar-refractivity contribution in [3.63, 3.8) is 0 Å². The van der Waals surface area contributed by atoms with Gasteiger partial charge in [-0.2, -0.15) is 0 Å². The summed E-state index contributed by atoms with van der Waals surface area (Å²) in [5.41, 5.74) is 1.40. The summed E-state index contributed by atoms with van der Waals surface area (Å²) in [6, 6.07) is 15.4. The molecule has 8 heteroatoms. The molecule has 1 aromatic carbocycles. The molecule has 5 rings (SSSR count). The molecule has 0 bridgehead atoms. The van der Waals surface area contributed by atoms with E-state index in [1.54, 1.807) is 0 Å². The lowest BCUT2D eigenvalue weighted by atomic mass is 10.1. The number of hydrogen-bond donors (Lipinski definition) is 0. The minimum atomic E-state index is 0.0674. The third kappa shape index (κ3) is 3.44. The number of piperazine rings is 1. The van der Waals surface area contributed by atoms with Gasteiger partial charge in [-0.25, -0.2) is 0 Å². The van der Waals surface area contributed by atoms with E-state index in [1.807, 2.05) is 70.4 Å². The van der Waals surface area contributed by atoms with Crippen LogP contribution in [0.3, 0.4) is 0 Å². The highest BCUT2D eigenvalue weighted by Gasteiger charge is 2.23. The van der Waals surface area contributed by atoms with Gasteiger partial charge < -0.3 is 18.9 Å². The van der Waals surface area contributed by atoms with Crippen LogP contribution in [0.1, 0.15) is 5.69 Å². The summed E-state index contributed by atoms with van der Waals surface area (Å²) in [5.74, 6) is 1.68. The van der Waals surface area contributed by atoms with Gasteiger partial charge in [-0.15, -0.1) is 10.2 Å². The molecular formula is C21H20N6O2. The molecular weight excluding hydrogens is 368 g/mol. The molecule has 3 aromatic heterocycles. The maximum absolute atomic E-state index is 12.7. The molecule has 1 amide bonds. The van der Waals surface area contributed by atoms with E-state index in [-0.39, 0.29) is 12.3 Å². The highest BCUT2D eigenvalue weighted by molar-refractivity contribution is 5.86. The van der Waals surface area contributed by atoms with E-state index in [0.29, 0.717) is 24.4 Å². The Kier molecular flexibility index (Phi) is 4.44. The van der Waals surface area contributed by atoms with Gasteiger partial charge in [0.25, 0.3) is 0 Å². The standard InChI is InChI=1S/C21H20N6O2/c28-21(15-17-16-5-1-2-6-18(16)29-24-17)27-13-11-26(12-14-27)20-8-7-19(22-23-20)25-9-3-4-10-25/h1-10H,11-15H2. The Morgan fingerprint density at radius 3 is 2.38 bits per heavy atom. The number of anilines is 1. The third-order valence-electron chi connectivity index (χ3n) is 5.23. The van der Waals surface area contributed by atoms with Crippen molar-refractivity contribution in [1.82, 2.24) is 24.8 Å². The Morgan fingerprint density at radius 1 is 0.897 bits per heavy atom. The van der Waals surface area contributed by atoms with Gasteiger partial charge >= 0.3 is 0 Å². The Balaban J connectivity index is 1.20. The zero-order valence-corrected chi connectivity index (χ0v) is 15.8. The Labute approximate surface area is 167 Å². The summed E-state index contributed by atoms with van der Waals surface area (Å²) >= 11 is 0. The Hall–Kier alpha value is -3.68. The fourth-order valence-corrected chi connectivity index (χ4v) is 3.62. The molecule has 0 radical (unpaired) electrons. The van der Waals surface area contributed by atoms with Gasteiger partial charge in [0.05, 0.1) is 6.42 Å². The summed E-state index contributed by atoms with van der Waals surface area (Å²) in [6.45, 7) is 2.75. The van der Waals surface area contributed by atoms with Crippen LogP contribution in [-0.2, 0) is 11.2 Å². The molecule has 0 atom stereocenters. The molecule has 0 aliphatic carbocycles. The highest BCUT2D eigenvalue weighted by Crippen LogP contribution is 2.20. The van der Waals surface area contributed by atoms with Crippen LogP contribution in [0, 0.1) is 0 Å². The topological polar surface area (TPSA) is 80.3 Å². The second kappa shape index (κ2) is 7.38. The van der Waals surface area contributed by atoms with E-state index in [0.717, 1.165) is 30.1 Å². The molecule has 0 saturated carbocycles. The van der Waals surface area contributed by atoms with Crippen LogP contribution in [0.15, 0.2) is 65.4 Å². The number of aromatic nitrogens is 4. The van der Waals surface area contributed by atoms with Gasteiger partial charge in [-0.1, -0.05) is 17.3 Å². The summed E-state index contributed by atoms with van der Waals surface area (Å²) in [5, 5.41) is 13.6. The number of rotatable bonds is 4. The van der Waals surface area contributed by atoms with Crippen molar-refractivity contribution < 1.29 is 9.32 Å². The minimum absolute atomic E-state index is 0.0674. The van der Waals surface area contributed by atoms with Crippen LogP contribution in [0.2, 0.25) is 0 Å². The second-order valence-electron chi connectivity index (χ2n) is 7.01. The van der Waals surface area contributed by atoms with Gasteiger partial charge in [0.15, 0.2) is 17.2 Å². The summed E-state index contributed by atoms with van der Waals surface area (Å²) in [4.78, 5) is 16.8. The second-order valence-corrected chi connectivity index (χ2v) is 7.01. The third-order valence-corrected chi connectivity index (χ3v) is 5.23. The smallest absolute Gasteiger partial charge is 0.228 e. The van der Waals surface area contributed by atoms with E-state index < -0.39 is 0 Å². The lowest BCUT2D eigenvalue weighted by Crippen LogP contribution is -2.49. The van der Waals surface area contributed by atoms with Gasteiger partial charge in [0.1, 0.15) is 5.69 Å². The van der Waals surface area contributed by atoms with Gasteiger partial charge in [0, 0.05) is 44.0 Å². The van der Waals surface area contributed by atoms with Crippen LogP contribution in [0.5, 0.6) is 0 Å². The van der Waals surface area contributed by atoms with Gasteiger partial charge in [-0.3, -0.25) is 4.79 Å². The van der Waals surface area contributed by atoms with Crippen LogP contribution >= 0.6 is 0 Å². The van der Waals surface area contributed by atoms with Crippen LogP contribution < -0.4 is 4.90 Å². The normalized spacial score (nSPS) is 14.5. The number of amides is 1. The Bertz CT molecular complexity index is 1110. The molecule has 29 heavy (non-hydrogen) atoms. The van der Waals surface area contributed by atoms with E-state index in [9.17, 15) is 4.79 Å². The molecule has 1 aliphatic heterocycles. The summed E-state index contributed by atoms with van der Waals surface area (Å²) in [7, 11) is 0. The van der Waals surface area contributed by atoms with Crippen molar-refractivity contribution in [3.8, 4) is 5.82 Å². The average molecular weight is 388 g/mol. The average Bonchev–Trinajstić information content (AvgIpc) is 3.45. The van der Waals surface area contributed by atoms with Gasteiger partial charge in [-0.05, 0) is 36.4 Å². The first kappa shape index (κ1) is 17.4. The number of benzene rings is 1. The molecule has 1 aliphatic rings. The molecule has 1 fully saturated rings. The number of fused-ring (bicyclic) bond motifs is 1. The predicted octanol–water partition coefficient (Wildman–Crippen LogP) is 2.30. The maximum Gasteiger partial charge on any atom is 0.228 e. The molecule has 1 saturated heterocycles.